The first-order chi connectivity index (χ1) is 6.15. The molecule has 0 atom stereocenters. The van der Waals surface area contributed by atoms with Crippen molar-refractivity contribution in [2.75, 3.05) is 12.3 Å². The number of aryl methyl sites for hydroxylation is 2. The van der Waals surface area contributed by atoms with E-state index < -0.39 is 0 Å². The van der Waals surface area contributed by atoms with Crippen molar-refractivity contribution in [1.82, 2.24) is 0 Å². The van der Waals surface area contributed by atoms with Crippen LogP contribution in [0.3, 0.4) is 0 Å². The molecule has 0 amide bonds. The molecule has 0 radical (unpaired) electrons. The minimum absolute atomic E-state index is 0.753. The maximum absolute atomic E-state index is 5.78. The largest absolute Gasteiger partial charge is 0.493 e. The number of hydrogen-bond acceptors (Lipinski definition) is 2. The molecule has 1 aromatic rings. The third-order valence-electron chi connectivity index (χ3n) is 2.03. The lowest BCUT2D eigenvalue weighted by Gasteiger charge is -2.10. The Balaban J connectivity index is 2.88. The molecule has 72 valence electrons. The normalized spacial score (nSPS) is 10.1. The molecule has 2 heteroatoms. The molecule has 0 aromatic heterocycles. The van der Waals surface area contributed by atoms with Crippen LogP contribution in [0.1, 0.15) is 24.5 Å². The van der Waals surface area contributed by atoms with E-state index in [9.17, 15) is 0 Å². The van der Waals surface area contributed by atoms with Crippen LogP contribution in [0, 0.1) is 13.8 Å². The molecule has 1 aromatic carbocycles. The van der Waals surface area contributed by atoms with E-state index in [1.54, 1.807) is 0 Å². The Kier molecular flexibility index (Phi) is 3.18. The van der Waals surface area contributed by atoms with Crippen LogP contribution in [-0.4, -0.2) is 6.61 Å². The van der Waals surface area contributed by atoms with E-state index in [0.717, 1.165) is 35.6 Å². The third-order valence-corrected chi connectivity index (χ3v) is 2.03. The van der Waals surface area contributed by atoms with E-state index >= 15 is 0 Å². The molecular weight excluding hydrogens is 162 g/mol. The number of rotatable bonds is 3. The molecule has 0 bridgehead atoms. The molecule has 0 fully saturated rings. The van der Waals surface area contributed by atoms with Crippen molar-refractivity contribution >= 4 is 5.69 Å². The van der Waals surface area contributed by atoms with E-state index in [0.29, 0.717) is 0 Å². The maximum Gasteiger partial charge on any atom is 0.124 e. The van der Waals surface area contributed by atoms with Crippen LogP contribution in [0.5, 0.6) is 5.75 Å². The predicted octanol–water partition coefficient (Wildman–Crippen LogP) is 2.67. The van der Waals surface area contributed by atoms with Gasteiger partial charge in [0, 0.05) is 11.8 Å². The van der Waals surface area contributed by atoms with Crippen molar-refractivity contribution in [3.63, 3.8) is 0 Å². The van der Waals surface area contributed by atoms with Gasteiger partial charge in [0.25, 0.3) is 0 Å². The molecule has 0 aliphatic heterocycles. The fraction of sp³-hybridized carbons (Fsp3) is 0.455. The lowest BCUT2D eigenvalue weighted by atomic mass is 10.1. The summed E-state index contributed by atoms with van der Waals surface area (Å²) in [4.78, 5) is 0. The summed E-state index contributed by atoms with van der Waals surface area (Å²) in [6, 6.07) is 3.96. The lowest BCUT2D eigenvalue weighted by Crippen LogP contribution is -1.99. The van der Waals surface area contributed by atoms with Crippen molar-refractivity contribution in [2.45, 2.75) is 27.2 Å². The third kappa shape index (κ3) is 2.38. The second kappa shape index (κ2) is 4.17. The summed E-state index contributed by atoms with van der Waals surface area (Å²) in [6.45, 7) is 6.89. The molecular formula is C11H17NO. The highest BCUT2D eigenvalue weighted by Gasteiger charge is 2.02. The van der Waals surface area contributed by atoms with Gasteiger partial charge in [-0.2, -0.15) is 0 Å². The fourth-order valence-electron chi connectivity index (χ4n) is 1.22. The van der Waals surface area contributed by atoms with Crippen molar-refractivity contribution in [1.29, 1.82) is 0 Å². The van der Waals surface area contributed by atoms with Gasteiger partial charge < -0.3 is 10.5 Å². The number of nitrogen functional groups attached to an aromatic ring is 1. The molecule has 2 N–H and O–H groups in total. The molecule has 13 heavy (non-hydrogen) atoms. The molecule has 1 rings (SSSR count). The van der Waals surface area contributed by atoms with Gasteiger partial charge in [0.05, 0.1) is 6.61 Å². The highest BCUT2D eigenvalue weighted by Crippen LogP contribution is 2.24. The van der Waals surface area contributed by atoms with Gasteiger partial charge in [-0.1, -0.05) is 13.0 Å². The number of hydrogen-bond donors (Lipinski definition) is 1. The first kappa shape index (κ1) is 9.90. The number of anilines is 1. The molecule has 0 unspecified atom stereocenters. The summed E-state index contributed by atoms with van der Waals surface area (Å²) in [6.07, 6.45) is 1.02. The zero-order valence-corrected chi connectivity index (χ0v) is 8.55. The minimum Gasteiger partial charge on any atom is -0.493 e. The van der Waals surface area contributed by atoms with Gasteiger partial charge in [-0.15, -0.1) is 0 Å². The summed E-state index contributed by atoms with van der Waals surface area (Å²) in [5.74, 6) is 0.907. The molecule has 2 nitrogen and oxygen atoms in total. The van der Waals surface area contributed by atoms with Crippen LogP contribution in [0.2, 0.25) is 0 Å². The molecule has 0 aliphatic rings. The first-order valence-electron chi connectivity index (χ1n) is 4.64. The van der Waals surface area contributed by atoms with Crippen LogP contribution in [0.4, 0.5) is 5.69 Å². The fourth-order valence-corrected chi connectivity index (χ4v) is 1.22. The SMILES string of the molecule is CCCOc1cc(N)c(C)cc1C. The van der Waals surface area contributed by atoms with E-state index in [2.05, 4.69) is 13.0 Å². The predicted molar refractivity (Wildman–Crippen MR) is 56.1 cm³/mol. The van der Waals surface area contributed by atoms with E-state index in [1.165, 1.54) is 0 Å². The van der Waals surface area contributed by atoms with Gasteiger partial charge in [-0.3, -0.25) is 0 Å². The monoisotopic (exact) mass is 179 g/mol. The van der Waals surface area contributed by atoms with Crippen LogP contribution in [0.25, 0.3) is 0 Å². The van der Waals surface area contributed by atoms with Gasteiger partial charge in [0.2, 0.25) is 0 Å². The maximum atomic E-state index is 5.78. The molecule has 0 spiro atoms. The Bertz CT molecular complexity index is 294. The quantitative estimate of drug-likeness (QED) is 0.724. The van der Waals surface area contributed by atoms with Gasteiger partial charge in [0.1, 0.15) is 5.75 Å². The standard InChI is InChI=1S/C11H17NO/c1-4-5-13-11-7-10(12)8(2)6-9(11)3/h6-7H,4-5,12H2,1-3H3. The summed E-state index contributed by atoms with van der Waals surface area (Å²) in [5.41, 5.74) is 8.85. The Morgan fingerprint density at radius 3 is 2.54 bits per heavy atom. The topological polar surface area (TPSA) is 35.2 Å². The van der Waals surface area contributed by atoms with Gasteiger partial charge in [0.15, 0.2) is 0 Å². The Morgan fingerprint density at radius 1 is 1.23 bits per heavy atom. The second-order valence-corrected chi connectivity index (χ2v) is 3.32. The van der Waals surface area contributed by atoms with Gasteiger partial charge in [-0.25, -0.2) is 0 Å². The van der Waals surface area contributed by atoms with Crippen molar-refractivity contribution in [3.05, 3.63) is 23.3 Å². The highest BCUT2D eigenvalue weighted by molar-refractivity contribution is 5.54. The zero-order valence-electron chi connectivity index (χ0n) is 8.55. The van der Waals surface area contributed by atoms with Crippen molar-refractivity contribution < 1.29 is 4.74 Å². The van der Waals surface area contributed by atoms with Crippen LogP contribution in [0.15, 0.2) is 12.1 Å². The average Bonchev–Trinajstić information content (AvgIpc) is 2.09. The Hall–Kier alpha value is -1.18. The Morgan fingerprint density at radius 2 is 1.92 bits per heavy atom. The second-order valence-electron chi connectivity index (χ2n) is 3.32. The van der Waals surface area contributed by atoms with Gasteiger partial charge >= 0.3 is 0 Å². The lowest BCUT2D eigenvalue weighted by molar-refractivity contribution is 0.315. The zero-order chi connectivity index (χ0) is 9.84. The van der Waals surface area contributed by atoms with E-state index in [-0.39, 0.29) is 0 Å². The summed E-state index contributed by atoms with van der Waals surface area (Å²) in [7, 11) is 0. The van der Waals surface area contributed by atoms with E-state index in [4.69, 9.17) is 10.5 Å². The number of benzene rings is 1. The van der Waals surface area contributed by atoms with Crippen LogP contribution >= 0.6 is 0 Å². The molecule has 0 heterocycles. The summed E-state index contributed by atoms with van der Waals surface area (Å²) < 4.78 is 5.54. The smallest absolute Gasteiger partial charge is 0.124 e. The molecule has 0 aliphatic carbocycles. The number of ether oxygens (including phenoxy) is 1. The molecule has 0 saturated carbocycles. The van der Waals surface area contributed by atoms with E-state index in [1.807, 2.05) is 19.9 Å². The van der Waals surface area contributed by atoms with Crippen molar-refractivity contribution in [3.8, 4) is 5.75 Å². The van der Waals surface area contributed by atoms with Crippen LogP contribution < -0.4 is 10.5 Å². The summed E-state index contributed by atoms with van der Waals surface area (Å²) >= 11 is 0. The summed E-state index contributed by atoms with van der Waals surface area (Å²) in [5, 5.41) is 0. The number of nitrogens with two attached hydrogens (primary N) is 1. The van der Waals surface area contributed by atoms with Crippen molar-refractivity contribution in [2.24, 2.45) is 0 Å². The Labute approximate surface area is 79.7 Å². The first-order valence-corrected chi connectivity index (χ1v) is 4.64. The average molecular weight is 179 g/mol. The van der Waals surface area contributed by atoms with Gasteiger partial charge in [-0.05, 0) is 31.4 Å². The highest BCUT2D eigenvalue weighted by atomic mass is 16.5. The molecule has 0 saturated heterocycles. The minimum atomic E-state index is 0.753. The van der Waals surface area contributed by atoms with Crippen LogP contribution in [-0.2, 0) is 0 Å².